The molecule has 4 aliphatic rings. The average Bonchev–Trinajstić information content (AvgIpc) is 4.03. The Hall–Kier alpha value is -5.60. The molecule has 1 atom stereocenters. The van der Waals surface area contributed by atoms with Crippen molar-refractivity contribution in [2.75, 3.05) is 38.1 Å². The summed E-state index contributed by atoms with van der Waals surface area (Å²) in [6.45, 7) is 6.11. The van der Waals surface area contributed by atoms with Crippen molar-refractivity contribution in [1.82, 2.24) is 35.2 Å². The molecule has 3 aliphatic heterocycles. The fourth-order valence-electron chi connectivity index (χ4n) is 7.34. The van der Waals surface area contributed by atoms with Crippen LogP contribution in [0.2, 0.25) is 0 Å². The third kappa shape index (κ3) is 10.8. The highest BCUT2D eigenvalue weighted by Gasteiger charge is 2.32. The van der Waals surface area contributed by atoms with E-state index in [1.54, 1.807) is 36.0 Å². The minimum atomic E-state index is -0.593. The van der Waals surface area contributed by atoms with Gasteiger partial charge in [-0.3, -0.25) is 29.3 Å². The van der Waals surface area contributed by atoms with E-state index < -0.39 is 23.5 Å². The van der Waals surface area contributed by atoms with Gasteiger partial charge in [0.05, 0.1) is 29.0 Å². The van der Waals surface area contributed by atoms with Gasteiger partial charge in [-0.15, -0.1) is 0 Å². The summed E-state index contributed by atoms with van der Waals surface area (Å²) in [7, 11) is 1.73. The van der Waals surface area contributed by atoms with Gasteiger partial charge in [-0.1, -0.05) is 19.3 Å². The molecule has 7 rings (SSSR count). The lowest BCUT2D eigenvalue weighted by Gasteiger charge is -2.35. The van der Waals surface area contributed by atoms with Crippen molar-refractivity contribution in [2.45, 2.75) is 96.0 Å². The number of carbonyl (C=O) groups excluding carboxylic acids is 5. The number of allylic oxidation sites excluding steroid dienone is 3. The zero-order chi connectivity index (χ0) is 40.5. The van der Waals surface area contributed by atoms with E-state index in [4.69, 9.17) is 9.72 Å². The second-order valence-corrected chi connectivity index (χ2v) is 15.4. The molecule has 4 amide bonds. The van der Waals surface area contributed by atoms with E-state index in [-0.39, 0.29) is 53.3 Å². The van der Waals surface area contributed by atoms with E-state index in [1.165, 1.54) is 37.6 Å². The Labute approximate surface area is 332 Å². The number of likely N-dealkylation sites (tertiary alicyclic amines) is 1. The van der Waals surface area contributed by atoms with Crippen molar-refractivity contribution in [2.24, 2.45) is 5.92 Å². The van der Waals surface area contributed by atoms with Crippen molar-refractivity contribution in [3.8, 4) is 5.75 Å². The molecule has 304 valence electrons. The Bertz CT molecular complexity index is 2010. The predicted molar refractivity (Wildman–Crippen MR) is 212 cm³/mol. The van der Waals surface area contributed by atoms with Gasteiger partial charge in [0, 0.05) is 76.6 Å². The van der Waals surface area contributed by atoms with Crippen LogP contribution in [-0.4, -0.2) is 88.5 Å². The maximum absolute atomic E-state index is 15.2. The minimum absolute atomic E-state index is 0.100. The molecule has 6 heterocycles. The lowest BCUT2D eigenvalue weighted by Crippen LogP contribution is -2.41. The predicted octanol–water partition coefficient (Wildman–Crippen LogP) is 4.90. The van der Waals surface area contributed by atoms with Gasteiger partial charge in [-0.05, 0) is 81.9 Å². The molecule has 0 spiro atoms. The summed E-state index contributed by atoms with van der Waals surface area (Å²) in [6, 6.07) is 3.08. The Morgan fingerprint density at radius 2 is 1.77 bits per heavy atom. The Balaban J connectivity index is 0.00000175. The third-order valence-corrected chi connectivity index (χ3v) is 10.6. The monoisotopic (exact) mass is 784 g/mol. The molecule has 1 aliphatic carbocycles. The number of amides is 4. The van der Waals surface area contributed by atoms with Crippen LogP contribution in [0.3, 0.4) is 0 Å². The summed E-state index contributed by atoms with van der Waals surface area (Å²) in [5.74, 6) is -1.27. The lowest BCUT2D eigenvalue weighted by molar-refractivity contribution is -0.135. The van der Waals surface area contributed by atoms with E-state index >= 15 is 4.39 Å². The van der Waals surface area contributed by atoms with Crippen molar-refractivity contribution < 1.29 is 33.1 Å². The summed E-state index contributed by atoms with van der Waals surface area (Å²) < 4.78 is 22.9. The SMILES string of the molecule is C1CC1.CN/C=C\C=C(/C=O)NC(=O)c1cn2cc(C3CCN(C(=O)CC4CCN(c5ncc(C6CCC(=O)NC6=O)cc5F)CC4)CC3)nc2cc1OC(C)C. The van der Waals surface area contributed by atoms with Gasteiger partial charge in [0.25, 0.3) is 5.91 Å². The topological polar surface area (TPSA) is 167 Å². The first-order chi connectivity index (χ1) is 27.5. The van der Waals surface area contributed by atoms with Crippen LogP contribution in [-0.2, 0) is 19.2 Å². The molecular weight excluding hydrogens is 732 g/mol. The fourth-order valence-corrected chi connectivity index (χ4v) is 7.34. The van der Waals surface area contributed by atoms with Crippen molar-refractivity contribution >= 4 is 41.4 Å². The number of hydrogen-bond acceptors (Lipinski definition) is 10. The van der Waals surface area contributed by atoms with Crippen LogP contribution in [0.1, 0.15) is 112 Å². The summed E-state index contributed by atoms with van der Waals surface area (Å²) in [5.41, 5.74) is 2.33. The highest BCUT2D eigenvalue weighted by Crippen LogP contribution is 2.33. The molecule has 1 unspecified atom stereocenters. The summed E-state index contributed by atoms with van der Waals surface area (Å²) in [4.78, 5) is 75.0. The number of aldehydes is 1. The summed E-state index contributed by atoms with van der Waals surface area (Å²) >= 11 is 0. The van der Waals surface area contributed by atoms with Gasteiger partial charge >= 0.3 is 0 Å². The quantitative estimate of drug-likeness (QED) is 0.0995. The number of hydrogen-bond donors (Lipinski definition) is 3. The third-order valence-electron chi connectivity index (χ3n) is 10.6. The number of ether oxygens (including phenoxy) is 1. The van der Waals surface area contributed by atoms with Crippen LogP contribution in [0.4, 0.5) is 10.2 Å². The molecule has 3 aromatic rings. The summed E-state index contributed by atoms with van der Waals surface area (Å²) in [5, 5.41) is 7.78. The van der Waals surface area contributed by atoms with E-state index in [2.05, 4.69) is 20.9 Å². The largest absolute Gasteiger partial charge is 0.490 e. The first-order valence-corrected chi connectivity index (χ1v) is 20.0. The smallest absolute Gasteiger partial charge is 0.261 e. The molecule has 15 heteroatoms. The molecule has 0 bridgehead atoms. The van der Waals surface area contributed by atoms with Crippen LogP contribution >= 0.6 is 0 Å². The average molecular weight is 785 g/mol. The fraction of sp³-hybridized carbons (Fsp3) is 0.500. The number of imide groups is 1. The van der Waals surface area contributed by atoms with Crippen LogP contribution in [0.5, 0.6) is 5.75 Å². The zero-order valence-corrected chi connectivity index (χ0v) is 33.0. The van der Waals surface area contributed by atoms with Gasteiger partial charge in [-0.25, -0.2) is 14.4 Å². The molecule has 1 saturated carbocycles. The summed E-state index contributed by atoms with van der Waals surface area (Å²) in [6.07, 6.45) is 18.7. The van der Waals surface area contributed by atoms with E-state index in [0.717, 1.165) is 31.4 Å². The number of rotatable bonds is 12. The van der Waals surface area contributed by atoms with Crippen LogP contribution in [0.25, 0.3) is 5.65 Å². The molecule has 57 heavy (non-hydrogen) atoms. The standard InChI is InChI=1S/C39H47FN8O6.C3H6/c1-24(2)54-33-19-34-44-32(22-48(34)21-30(33)39(53)43-28(23-49)5-4-12-41-3)26-10-15-46(16-11-26)36(51)17-25-8-13-47(14-9-25)37-31(40)18-27(20-42-37)29-6-7-35(50)45-38(29)52;1-2-3-1/h4-5,12,18-26,29,41H,6-11,13-17H2,1-3H3,(H,43,53)(H,45,50,52);1-3H2/b12-4-,28-5+;. The molecular formula is C42H53FN8O6. The Kier molecular flexibility index (Phi) is 13.7. The Morgan fingerprint density at radius 1 is 1.04 bits per heavy atom. The first-order valence-electron chi connectivity index (χ1n) is 20.0. The van der Waals surface area contributed by atoms with Crippen molar-refractivity contribution in [3.05, 3.63) is 77.4 Å². The number of nitrogens with zero attached hydrogens (tertiary/aromatic N) is 5. The van der Waals surface area contributed by atoms with Crippen molar-refractivity contribution in [3.63, 3.8) is 0 Å². The minimum Gasteiger partial charge on any atom is -0.490 e. The van der Waals surface area contributed by atoms with Crippen LogP contribution in [0, 0.1) is 11.7 Å². The number of carbonyl (C=O) groups is 5. The Morgan fingerprint density at radius 3 is 2.40 bits per heavy atom. The second kappa shape index (κ2) is 19.0. The molecule has 3 aromatic heterocycles. The van der Waals surface area contributed by atoms with Crippen LogP contribution in [0.15, 0.2) is 54.8 Å². The van der Waals surface area contributed by atoms with Crippen LogP contribution < -0.4 is 25.6 Å². The van der Waals surface area contributed by atoms with Crippen molar-refractivity contribution in [1.29, 1.82) is 0 Å². The second-order valence-electron chi connectivity index (χ2n) is 15.4. The highest BCUT2D eigenvalue weighted by atomic mass is 19.1. The zero-order valence-electron chi connectivity index (χ0n) is 33.0. The van der Waals surface area contributed by atoms with Gasteiger partial charge in [0.2, 0.25) is 17.7 Å². The molecule has 14 nitrogen and oxygen atoms in total. The number of imidazole rings is 1. The van der Waals surface area contributed by atoms with Gasteiger partial charge in [0.15, 0.2) is 17.9 Å². The maximum atomic E-state index is 15.2. The van der Waals surface area contributed by atoms with E-state index in [1.807, 2.05) is 29.8 Å². The molecule has 0 aromatic carbocycles. The molecule has 0 radical (unpaired) electrons. The lowest BCUT2D eigenvalue weighted by atomic mass is 9.90. The number of anilines is 1. The van der Waals surface area contributed by atoms with Gasteiger partial charge < -0.3 is 29.6 Å². The van der Waals surface area contributed by atoms with Gasteiger partial charge in [-0.2, -0.15) is 0 Å². The molecule has 4 fully saturated rings. The number of nitrogens with one attached hydrogen (secondary N) is 3. The first kappa shape index (κ1) is 41.0. The number of pyridine rings is 2. The number of fused-ring (bicyclic) bond motifs is 1. The van der Waals surface area contributed by atoms with Gasteiger partial charge in [0.1, 0.15) is 11.4 Å². The molecule has 3 saturated heterocycles. The van der Waals surface area contributed by atoms with E-state index in [0.29, 0.717) is 62.3 Å². The number of aromatic nitrogens is 3. The normalized spacial score (nSPS) is 19.3. The highest BCUT2D eigenvalue weighted by molar-refractivity contribution is 6.01. The maximum Gasteiger partial charge on any atom is 0.261 e. The number of piperidine rings is 3. The number of halogens is 1. The molecule has 3 N–H and O–H groups in total. The van der Waals surface area contributed by atoms with E-state index in [9.17, 15) is 24.0 Å².